The van der Waals surface area contributed by atoms with Gasteiger partial charge in [0.2, 0.25) is 0 Å². The molecule has 1 heterocycles. The van der Waals surface area contributed by atoms with Gasteiger partial charge in [0.15, 0.2) is 0 Å². The van der Waals surface area contributed by atoms with Crippen LogP contribution in [-0.4, -0.2) is 24.5 Å². The minimum absolute atomic E-state index is 0.283. The summed E-state index contributed by atoms with van der Waals surface area (Å²) in [4.78, 5) is 2.67. The highest BCUT2D eigenvalue weighted by Crippen LogP contribution is 2.71. The zero-order valence-corrected chi connectivity index (χ0v) is 20.4. The third kappa shape index (κ3) is 4.80. The van der Waals surface area contributed by atoms with Crippen LogP contribution in [0.1, 0.15) is 56.7 Å². The Kier molecular flexibility index (Phi) is 6.16. The van der Waals surface area contributed by atoms with Gasteiger partial charge in [-0.2, -0.15) is 5.26 Å². The van der Waals surface area contributed by atoms with Crippen LogP contribution in [-0.2, 0) is 12.8 Å². The van der Waals surface area contributed by atoms with Crippen LogP contribution < -0.4 is 0 Å². The largest absolute Gasteiger partial charge is 0.302 e. The number of nitrogens with zero attached hydrogens (tertiary/aromatic N) is 2. The summed E-state index contributed by atoms with van der Waals surface area (Å²) >= 11 is 12.9. The lowest BCUT2D eigenvalue weighted by Crippen LogP contribution is -2.32. The first kappa shape index (κ1) is 22.7. The van der Waals surface area contributed by atoms with Gasteiger partial charge in [0.25, 0.3) is 0 Å². The molecule has 0 aromatic heterocycles. The maximum Gasteiger partial charge on any atom is 0.101 e. The van der Waals surface area contributed by atoms with E-state index >= 15 is 0 Å². The van der Waals surface area contributed by atoms with E-state index in [0.717, 1.165) is 30.8 Å². The van der Waals surface area contributed by atoms with Crippen molar-refractivity contribution < 1.29 is 0 Å². The Balaban J connectivity index is 1.54. The SMILES string of the molecule is CC(C)(C)CN1CC[C@@]2(C1)CC2(CCc1ccc(C#N)c(Cl)c1)Cc1ccccc1Cl. The summed E-state index contributed by atoms with van der Waals surface area (Å²) in [5.74, 6) is 0. The molecular weight excluding hydrogens is 423 g/mol. The van der Waals surface area contributed by atoms with Crippen molar-refractivity contribution in [1.82, 2.24) is 4.90 Å². The molecule has 2 atom stereocenters. The van der Waals surface area contributed by atoms with Crippen molar-refractivity contribution in [2.75, 3.05) is 19.6 Å². The Labute approximate surface area is 197 Å². The summed E-state index contributed by atoms with van der Waals surface area (Å²) in [6, 6.07) is 16.4. The summed E-state index contributed by atoms with van der Waals surface area (Å²) in [7, 11) is 0. The highest BCUT2D eigenvalue weighted by molar-refractivity contribution is 6.31. The van der Waals surface area contributed by atoms with Crippen molar-refractivity contribution in [1.29, 1.82) is 5.26 Å². The van der Waals surface area contributed by atoms with Crippen LogP contribution in [0.3, 0.4) is 0 Å². The van der Waals surface area contributed by atoms with E-state index in [0.29, 0.717) is 21.4 Å². The molecule has 1 unspecified atom stereocenters. The van der Waals surface area contributed by atoms with Crippen molar-refractivity contribution in [2.24, 2.45) is 16.2 Å². The summed E-state index contributed by atoms with van der Waals surface area (Å²) in [6.45, 7) is 10.5. The summed E-state index contributed by atoms with van der Waals surface area (Å²) < 4.78 is 0. The fourth-order valence-corrected chi connectivity index (χ4v) is 6.28. The molecule has 4 rings (SSSR count). The van der Waals surface area contributed by atoms with E-state index in [2.05, 4.69) is 49.9 Å². The Morgan fingerprint density at radius 1 is 1.10 bits per heavy atom. The standard InChI is InChI=1S/C27H32Cl2N2/c1-25(2,3)18-31-13-12-27(19-31)17-26(27,15-21-6-4-5-7-23(21)28)11-10-20-8-9-22(16-30)24(29)14-20/h4-9,14H,10-13,15,17-19H2,1-3H3/t26?,27-/m0/s1. The lowest BCUT2D eigenvalue weighted by atomic mass is 9.81. The van der Waals surface area contributed by atoms with Crippen molar-refractivity contribution in [3.8, 4) is 6.07 Å². The Morgan fingerprint density at radius 2 is 1.87 bits per heavy atom. The Hall–Kier alpha value is -1.53. The van der Waals surface area contributed by atoms with E-state index in [4.69, 9.17) is 28.5 Å². The van der Waals surface area contributed by atoms with Crippen molar-refractivity contribution in [2.45, 2.75) is 52.9 Å². The number of aryl methyl sites for hydroxylation is 1. The number of halogens is 2. The predicted octanol–water partition coefficient (Wildman–Crippen LogP) is 7.17. The van der Waals surface area contributed by atoms with Gasteiger partial charge in [-0.1, -0.05) is 68.2 Å². The molecule has 2 nitrogen and oxygen atoms in total. The number of hydrogen-bond acceptors (Lipinski definition) is 2. The molecule has 0 bridgehead atoms. The van der Waals surface area contributed by atoms with Crippen LogP contribution in [0.5, 0.6) is 0 Å². The molecule has 1 aliphatic carbocycles. The van der Waals surface area contributed by atoms with E-state index in [9.17, 15) is 0 Å². The van der Waals surface area contributed by atoms with Crippen LogP contribution in [0, 0.1) is 27.6 Å². The molecule has 2 fully saturated rings. The predicted molar refractivity (Wildman–Crippen MR) is 130 cm³/mol. The zero-order chi connectivity index (χ0) is 22.3. The molecule has 1 saturated carbocycles. The summed E-state index contributed by atoms with van der Waals surface area (Å²) in [6.07, 6.45) is 5.71. The van der Waals surface area contributed by atoms with Crippen molar-refractivity contribution in [3.05, 3.63) is 69.2 Å². The van der Waals surface area contributed by atoms with E-state index in [1.54, 1.807) is 0 Å². The molecule has 4 heteroatoms. The van der Waals surface area contributed by atoms with Crippen molar-refractivity contribution >= 4 is 23.2 Å². The molecule has 1 saturated heterocycles. The first-order chi connectivity index (χ1) is 14.7. The Morgan fingerprint density at radius 3 is 2.55 bits per heavy atom. The Bertz CT molecular complexity index is 1000. The van der Waals surface area contributed by atoms with Crippen LogP contribution in [0.2, 0.25) is 10.0 Å². The maximum atomic E-state index is 9.16. The van der Waals surface area contributed by atoms with Gasteiger partial charge in [0.05, 0.1) is 10.6 Å². The minimum Gasteiger partial charge on any atom is -0.302 e. The monoisotopic (exact) mass is 454 g/mol. The fraction of sp³-hybridized carbons (Fsp3) is 0.519. The normalized spacial score (nSPS) is 25.7. The van der Waals surface area contributed by atoms with Crippen LogP contribution in [0.4, 0.5) is 0 Å². The number of nitriles is 1. The molecule has 0 amide bonds. The number of rotatable bonds is 6. The molecule has 164 valence electrons. The van der Waals surface area contributed by atoms with E-state index in [1.165, 1.54) is 37.1 Å². The topological polar surface area (TPSA) is 27.0 Å². The molecule has 0 N–H and O–H groups in total. The van der Waals surface area contributed by atoms with Gasteiger partial charge < -0.3 is 4.90 Å². The maximum absolute atomic E-state index is 9.16. The van der Waals surface area contributed by atoms with Crippen LogP contribution >= 0.6 is 23.2 Å². The third-order valence-electron chi connectivity index (χ3n) is 7.34. The molecule has 31 heavy (non-hydrogen) atoms. The minimum atomic E-state index is 0.283. The van der Waals surface area contributed by atoms with Gasteiger partial charge in [-0.05, 0) is 84.2 Å². The smallest absolute Gasteiger partial charge is 0.101 e. The fourth-order valence-electron chi connectivity index (χ4n) is 5.83. The first-order valence-corrected chi connectivity index (χ1v) is 12.1. The van der Waals surface area contributed by atoms with Crippen LogP contribution in [0.25, 0.3) is 0 Å². The molecular formula is C27H32Cl2N2. The van der Waals surface area contributed by atoms with Crippen molar-refractivity contribution in [3.63, 3.8) is 0 Å². The lowest BCUT2D eigenvalue weighted by Gasteiger charge is -2.28. The number of benzene rings is 2. The summed E-state index contributed by atoms with van der Waals surface area (Å²) in [5.41, 5.74) is 4.04. The molecule has 1 aliphatic heterocycles. The van der Waals surface area contributed by atoms with Gasteiger partial charge in [0.1, 0.15) is 6.07 Å². The molecule has 0 radical (unpaired) electrons. The molecule has 2 aliphatic rings. The summed E-state index contributed by atoms with van der Waals surface area (Å²) in [5, 5.41) is 10.6. The second-order valence-electron chi connectivity index (χ2n) is 11.0. The highest BCUT2D eigenvalue weighted by atomic mass is 35.5. The molecule has 2 aromatic rings. The van der Waals surface area contributed by atoms with E-state index < -0.39 is 0 Å². The lowest BCUT2D eigenvalue weighted by molar-refractivity contribution is 0.207. The van der Waals surface area contributed by atoms with Gasteiger partial charge in [-0.15, -0.1) is 0 Å². The highest BCUT2D eigenvalue weighted by Gasteiger charge is 2.67. The molecule has 2 aromatic carbocycles. The van der Waals surface area contributed by atoms with E-state index in [1.807, 2.05) is 24.3 Å². The quantitative estimate of drug-likeness (QED) is 0.462. The average molecular weight is 455 g/mol. The van der Waals surface area contributed by atoms with Gasteiger partial charge in [-0.3, -0.25) is 0 Å². The van der Waals surface area contributed by atoms with Gasteiger partial charge >= 0.3 is 0 Å². The number of likely N-dealkylation sites (tertiary alicyclic amines) is 1. The van der Waals surface area contributed by atoms with Gasteiger partial charge in [-0.25, -0.2) is 0 Å². The molecule has 1 spiro atoms. The third-order valence-corrected chi connectivity index (χ3v) is 8.02. The van der Waals surface area contributed by atoms with E-state index in [-0.39, 0.29) is 5.41 Å². The second-order valence-corrected chi connectivity index (χ2v) is 11.8. The number of hydrogen-bond donors (Lipinski definition) is 0. The first-order valence-electron chi connectivity index (χ1n) is 11.3. The second kappa shape index (κ2) is 8.43. The van der Waals surface area contributed by atoms with Crippen LogP contribution in [0.15, 0.2) is 42.5 Å². The average Bonchev–Trinajstić information content (AvgIpc) is 3.10. The van der Waals surface area contributed by atoms with Gasteiger partial charge in [0, 0.05) is 18.1 Å². The zero-order valence-electron chi connectivity index (χ0n) is 18.8.